The zero-order valence-electron chi connectivity index (χ0n) is 17.2. The number of ether oxygens (including phenoxy) is 2. The average Bonchev–Trinajstić information content (AvgIpc) is 2.76. The molecular formula is C22H25N3O6. The number of carbonyl (C=O) groups is 4. The van der Waals surface area contributed by atoms with Crippen LogP contribution < -0.4 is 16.0 Å². The Labute approximate surface area is 180 Å². The van der Waals surface area contributed by atoms with E-state index in [0.29, 0.717) is 24.4 Å². The van der Waals surface area contributed by atoms with Crippen molar-refractivity contribution in [3.8, 4) is 0 Å². The summed E-state index contributed by atoms with van der Waals surface area (Å²) < 4.78 is 9.75. The van der Waals surface area contributed by atoms with Crippen LogP contribution in [0.3, 0.4) is 0 Å². The number of para-hydroxylation sites is 1. The first-order valence-electron chi connectivity index (χ1n) is 9.80. The van der Waals surface area contributed by atoms with Crippen LogP contribution in [0.5, 0.6) is 0 Å². The van der Waals surface area contributed by atoms with Gasteiger partial charge in [0.05, 0.1) is 12.2 Å². The molecule has 9 nitrogen and oxygen atoms in total. The Morgan fingerprint density at radius 1 is 0.839 bits per heavy atom. The molecule has 0 saturated heterocycles. The van der Waals surface area contributed by atoms with Crippen molar-refractivity contribution in [3.05, 3.63) is 60.2 Å². The van der Waals surface area contributed by atoms with Gasteiger partial charge in [-0.1, -0.05) is 18.2 Å². The molecule has 164 valence electrons. The van der Waals surface area contributed by atoms with Crippen LogP contribution in [0.2, 0.25) is 0 Å². The smallest absolute Gasteiger partial charge is 0.338 e. The van der Waals surface area contributed by atoms with Crippen molar-refractivity contribution in [2.45, 2.75) is 19.8 Å². The Morgan fingerprint density at radius 3 is 2.13 bits per heavy atom. The fourth-order valence-corrected chi connectivity index (χ4v) is 2.46. The number of carbonyl (C=O) groups excluding carboxylic acids is 4. The second-order valence-electron chi connectivity index (χ2n) is 6.36. The molecule has 2 aromatic carbocycles. The topological polar surface area (TPSA) is 123 Å². The van der Waals surface area contributed by atoms with E-state index in [9.17, 15) is 19.2 Å². The third-order valence-corrected chi connectivity index (χ3v) is 3.93. The van der Waals surface area contributed by atoms with Crippen LogP contribution >= 0.6 is 0 Å². The second-order valence-corrected chi connectivity index (χ2v) is 6.36. The fraction of sp³-hybridized carbons (Fsp3) is 0.273. The maximum absolute atomic E-state index is 12.1. The first-order valence-corrected chi connectivity index (χ1v) is 9.80. The summed E-state index contributed by atoms with van der Waals surface area (Å²) in [4.78, 5) is 46.9. The van der Waals surface area contributed by atoms with Gasteiger partial charge in [-0.3, -0.25) is 9.59 Å². The Morgan fingerprint density at radius 2 is 1.48 bits per heavy atom. The summed E-state index contributed by atoms with van der Waals surface area (Å²) in [6, 6.07) is 14.6. The highest BCUT2D eigenvalue weighted by molar-refractivity contribution is 6.00. The van der Waals surface area contributed by atoms with Crippen LogP contribution in [0, 0.1) is 0 Å². The summed E-state index contributed by atoms with van der Waals surface area (Å²) in [7, 11) is 0. The fourth-order valence-electron chi connectivity index (χ4n) is 2.46. The molecule has 0 radical (unpaired) electrons. The van der Waals surface area contributed by atoms with Crippen LogP contribution in [-0.2, 0) is 19.1 Å². The lowest BCUT2D eigenvalue weighted by molar-refractivity contribution is -0.143. The molecule has 3 N–H and O–H groups in total. The van der Waals surface area contributed by atoms with Gasteiger partial charge in [0.15, 0.2) is 6.61 Å². The van der Waals surface area contributed by atoms with Gasteiger partial charge in [0.1, 0.15) is 0 Å². The van der Waals surface area contributed by atoms with E-state index in [0.717, 1.165) is 0 Å². The molecule has 0 spiro atoms. The van der Waals surface area contributed by atoms with Crippen molar-refractivity contribution in [1.29, 1.82) is 0 Å². The van der Waals surface area contributed by atoms with Gasteiger partial charge in [-0.2, -0.15) is 0 Å². The van der Waals surface area contributed by atoms with Crippen molar-refractivity contribution in [2.75, 3.05) is 30.4 Å². The number of esters is 2. The number of urea groups is 1. The van der Waals surface area contributed by atoms with Crippen LogP contribution in [0.1, 0.15) is 30.1 Å². The minimum Gasteiger partial charge on any atom is -0.466 e. The first kappa shape index (κ1) is 23.4. The molecule has 0 saturated carbocycles. The molecule has 31 heavy (non-hydrogen) atoms. The predicted octanol–water partition coefficient (Wildman–Crippen LogP) is 2.95. The molecule has 0 aliphatic rings. The minimum absolute atomic E-state index is 0.206. The molecule has 3 amide bonds. The Bertz CT molecular complexity index is 884. The normalized spacial score (nSPS) is 9.97. The van der Waals surface area contributed by atoms with Gasteiger partial charge in [-0.25, -0.2) is 9.59 Å². The standard InChI is InChI=1S/C22H25N3O6/c1-2-30-20(27)9-6-14-23-19(26)15-31-21(28)16-10-12-18(13-11-16)25-22(29)24-17-7-4-3-5-8-17/h3-5,7-8,10-13H,2,6,9,14-15H2,1H3,(H,23,26)(H2,24,25,29). The maximum Gasteiger partial charge on any atom is 0.338 e. The molecular weight excluding hydrogens is 402 g/mol. The SMILES string of the molecule is CCOC(=O)CCCNC(=O)COC(=O)c1ccc(NC(=O)Nc2ccccc2)cc1. The molecule has 0 fully saturated rings. The van der Waals surface area contributed by atoms with Crippen molar-refractivity contribution in [2.24, 2.45) is 0 Å². The third-order valence-electron chi connectivity index (χ3n) is 3.93. The monoisotopic (exact) mass is 427 g/mol. The lowest BCUT2D eigenvalue weighted by atomic mass is 10.2. The predicted molar refractivity (Wildman–Crippen MR) is 115 cm³/mol. The Hall–Kier alpha value is -3.88. The van der Waals surface area contributed by atoms with Crippen molar-refractivity contribution < 1.29 is 28.7 Å². The lowest BCUT2D eigenvalue weighted by Crippen LogP contribution is -2.30. The summed E-state index contributed by atoms with van der Waals surface area (Å²) in [6.07, 6.45) is 0.641. The van der Waals surface area contributed by atoms with Gasteiger partial charge in [-0.15, -0.1) is 0 Å². The van der Waals surface area contributed by atoms with Gasteiger partial charge >= 0.3 is 18.0 Å². The first-order chi connectivity index (χ1) is 15.0. The molecule has 0 heterocycles. The van der Waals surface area contributed by atoms with Gasteiger partial charge in [0.25, 0.3) is 5.91 Å². The summed E-state index contributed by atoms with van der Waals surface area (Å²) in [5, 5.41) is 7.89. The molecule has 9 heteroatoms. The minimum atomic E-state index is -0.665. The van der Waals surface area contributed by atoms with Gasteiger partial charge in [-0.05, 0) is 49.7 Å². The number of benzene rings is 2. The molecule has 0 unspecified atom stereocenters. The molecule has 2 rings (SSSR count). The van der Waals surface area contributed by atoms with E-state index in [2.05, 4.69) is 16.0 Å². The highest BCUT2D eigenvalue weighted by Gasteiger charge is 2.11. The highest BCUT2D eigenvalue weighted by Crippen LogP contribution is 2.12. The summed E-state index contributed by atoms with van der Waals surface area (Å²) in [6.45, 7) is 1.89. The van der Waals surface area contributed by atoms with E-state index < -0.39 is 24.5 Å². The van der Waals surface area contributed by atoms with Gasteiger partial charge < -0.3 is 25.4 Å². The summed E-state index contributed by atoms with van der Waals surface area (Å²) in [5.74, 6) is -1.45. The van der Waals surface area contributed by atoms with Crippen LogP contribution in [0.4, 0.5) is 16.2 Å². The van der Waals surface area contributed by atoms with Crippen molar-refractivity contribution in [3.63, 3.8) is 0 Å². The number of hydrogen-bond donors (Lipinski definition) is 3. The largest absolute Gasteiger partial charge is 0.466 e. The van der Waals surface area contributed by atoms with Gasteiger partial charge in [0, 0.05) is 24.3 Å². The molecule has 0 atom stereocenters. The van der Waals surface area contributed by atoms with E-state index in [-0.39, 0.29) is 24.5 Å². The lowest BCUT2D eigenvalue weighted by Gasteiger charge is -2.09. The molecule has 0 bridgehead atoms. The van der Waals surface area contributed by atoms with E-state index in [1.54, 1.807) is 43.3 Å². The molecule has 2 aromatic rings. The maximum atomic E-state index is 12.1. The number of rotatable bonds is 10. The summed E-state index contributed by atoms with van der Waals surface area (Å²) in [5.41, 5.74) is 1.38. The molecule has 0 aliphatic heterocycles. The van der Waals surface area contributed by atoms with Crippen molar-refractivity contribution in [1.82, 2.24) is 5.32 Å². The number of hydrogen-bond acceptors (Lipinski definition) is 6. The highest BCUT2D eigenvalue weighted by atomic mass is 16.5. The number of anilines is 2. The zero-order chi connectivity index (χ0) is 22.5. The molecule has 0 aliphatic carbocycles. The van der Waals surface area contributed by atoms with Crippen LogP contribution in [0.25, 0.3) is 0 Å². The average molecular weight is 427 g/mol. The van der Waals surface area contributed by atoms with Crippen molar-refractivity contribution >= 4 is 35.3 Å². The van der Waals surface area contributed by atoms with Crippen LogP contribution in [-0.4, -0.2) is 43.6 Å². The van der Waals surface area contributed by atoms with E-state index in [1.165, 1.54) is 12.1 Å². The van der Waals surface area contributed by atoms with Gasteiger partial charge in [0.2, 0.25) is 0 Å². The quantitative estimate of drug-likeness (QED) is 0.396. The van der Waals surface area contributed by atoms with E-state index in [4.69, 9.17) is 9.47 Å². The Balaban J connectivity index is 1.69. The van der Waals surface area contributed by atoms with E-state index in [1.807, 2.05) is 6.07 Å². The van der Waals surface area contributed by atoms with E-state index >= 15 is 0 Å². The molecule has 0 aromatic heterocycles. The third kappa shape index (κ3) is 8.99. The second kappa shape index (κ2) is 12.6. The Kier molecular flexibility index (Phi) is 9.54. The summed E-state index contributed by atoms with van der Waals surface area (Å²) >= 11 is 0. The van der Waals surface area contributed by atoms with Crippen LogP contribution in [0.15, 0.2) is 54.6 Å². The zero-order valence-corrected chi connectivity index (χ0v) is 17.2. The number of nitrogens with one attached hydrogen (secondary N) is 3. The number of amides is 3.